The second-order valence-electron chi connectivity index (χ2n) is 4.09. The van der Waals surface area contributed by atoms with Crippen molar-refractivity contribution in [2.24, 2.45) is 0 Å². The number of rotatable bonds is 2. The molecule has 3 rings (SSSR count). The van der Waals surface area contributed by atoms with Gasteiger partial charge >= 0.3 is 11.9 Å². The van der Waals surface area contributed by atoms with E-state index in [4.69, 9.17) is 18.9 Å². The normalized spacial score (nSPS) is 19.7. The molecule has 0 radical (unpaired) electrons. The third-order valence-corrected chi connectivity index (χ3v) is 2.99. The summed E-state index contributed by atoms with van der Waals surface area (Å²) >= 11 is 0. The average molecular weight is 274 g/mol. The molecule has 2 heterocycles. The van der Waals surface area contributed by atoms with Gasteiger partial charge in [0.1, 0.15) is 17.1 Å². The van der Waals surface area contributed by atoms with Gasteiger partial charge in [-0.2, -0.15) is 0 Å². The van der Waals surface area contributed by atoms with Crippen LogP contribution in [0, 0.1) is 0 Å². The zero-order chi connectivity index (χ0) is 14.3. The molecule has 0 bridgehead atoms. The summed E-state index contributed by atoms with van der Waals surface area (Å²) in [6, 6.07) is 3.17. The van der Waals surface area contributed by atoms with Gasteiger partial charge in [0.15, 0.2) is 11.5 Å². The minimum atomic E-state index is -0.579. The second kappa shape index (κ2) is 4.41. The third-order valence-electron chi connectivity index (χ3n) is 2.99. The van der Waals surface area contributed by atoms with Crippen LogP contribution in [0.4, 0.5) is 0 Å². The maximum atomic E-state index is 11.9. The van der Waals surface area contributed by atoms with E-state index in [2.05, 4.69) is 0 Å². The topological polar surface area (TPSA) is 71.1 Å². The molecule has 0 atom stereocenters. The smallest absolute Gasteiger partial charge is 0.348 e. The molecule has 6 heteroatoms. The van der Waals surface area contributed by atoms with Crippen LogP contribution < -0.4 is 14.2 Å². The third kappa shape index (κ3) is 1.73. The summed E-state index contributed by atoms with van der Waals surface area (Å²) in [5, 5.41) is 0. The summed E-state index contributed by atoms with van der Waals surface area (Å²) < 4.78 is 20.4. The maximum Gasteiger partial charge on any atom is 0.348 e. The highest BCUT2D eigenvalue weighted by molar-refractivity contribution is 6.23. The fraction of sp³-hybridized carbons (Fsp3) is 0.143. The highest BCUT2D eigenvalue weighted by Gasteiger charge is 2.34. The van der Waals surface area contributed by atoms with Crippen molar-refractivity contribution in [1.29, 1.82) is 0 Å². The second-order valence-corrected chi connectivity index (χ2v) is 4.09. The van der Waals surface area contributed by atoms with Crippen LogP contribution in [0.3, 0.4) is 0 Å². The van der Waals surface area contributed by atoms with E-state index in [1.54, 1.807) is 12.1 Å². The van der Waals surface area contributed by atoms with Crippen LogP contribution in [0.1, 0.15) is 5.56 Å². The highest BCUT2D eigenvalue weighted by Crippen LogP contribution is 2.43. The molecule has 0 aromatic heterocycles. The molecule has 20 heavy (non-hydrogen) atoms. The highest BCUT2D eigenvalue weighted by atomic mass is 16.6. The van der Waals surface area contributed by atoms with Crippen LogP contribution in [-0.2, 0) is 14.3 Å². The van der Waals surface area contributed by atoms with E-state index in [-0.39, 0.29) is 11.3 Å². The van der Waals surface area contributed by atoms with Gasteiger partial charge in [0.05, 0.1) is 14.2 Å². The Labute approximate surface area is 114 Å². The van der Waals surface area contributed by atoms with Gasteiger partial charge in [0.2, 0.25) is 0 Å². The van der Waals surface area contributed by atoms with E-state index < -0.39 is 11.9 Å². The molecule has 0 saturated heterocycles. The lowest BCUT2D eigenvalue weighted by molar-refractivity contribution is -0.132. The summed E-state index contributed by atoms with van der Waals surface area (Å²) in [6.45, 7) is 0. The molecule has 0 spiro atoms. The van der Waals surface area contributed by atoms with E-state index >= 15 is 0 Å². The van der Waals surface area contributed by atoms with Gasteiger partial charge in [-0.3, -0.25) is 0 Å². The Morgan fingerprint density at radius 2 is 1.65 bits per heavy atom. The van der Waals surface area contributed by atoms with Crippen molar-refractivity contribution in [1.82, 2.24) is 0 Å². The lowest BCUT2D eigenvalue weighted by Gasteiger charge is -2.09. The monoisotopic (exact) mass is 274 g/mol. The zero-order valence-corrected chi connectivity index (χ0v) is 10.8. The van der Waals surface area contributed by atoms with Crippen molar-refractivity contribution < 1.29 is 28.5 Å². The minimum Gasteiger partial charge on any atom is -0.493 e. The molecule has 0 amide bonds. The summed E-state index contributed by atoms with van der Waals surface area (Å²) in [6.07, 6.45) is 2.68. The number of carbonyl (C=O) groups is 2. The van der Waals surface area contributed by atoms with Crippen LogP contribution >= 0.6 is 0 Å². The van der Waals surface area contributed by atoms with Gasteiger partial charge in [-0.05, 0) is 12.1 Å². The van der Waals surface area contributed by atoms with Crippen molar-refractivity contribution in [3.63, 3.8) is 0 Å². The van der Waals surface area contributed by atoms with Gasteiger partial charge in [-0.15, -0.1) is 0 Å². The van der Waals surface area contributed by atoms with Crippen molar-refractivity contribution >= 4 is 17.5 Å². The maximum absolute atomic E-state index is 11.9. The molecule has 6 nitrogen and oxygen atoms in total. The van der Waals surface area contributed by atoms with Crippen LogP contribution in [0.5, 0.6) is 17.2 Å². The number of hydrogen-bond donors (Lipinski definition) is 0. The summed E-state index contributed by atoms with van der Waals surface area (Å²) in [7, 11) is 2.98. The quantitative estimate of drug-likeness (QED) is 0.462. The molecule has 0 saturated carbocycles. The lowest BCUT2D eigenvalue weighted by atomic mass is 10.0. The Balaban J connectivity index is 2.18. The predicted molar refractivity (Wildman–Crippen MR) is 67.3 cm³/mol. The number of carbonyl (C=O) groups excluding carboxylic acids is 2. The van der Waals surface area contributed by atoms with Gasteiger partial charge in [-0.1, -0.05) is 0 Å². The summed E-state index contributed by atoms with van der Waals surface area (Å²) in [5.74, 6) is 0.316. The summed E-state index contributed by atoms with van der Waals surface area (Å²) in [5.41, 5.74) is 0.699. The first kappa shape index (κ1) is 12.3. The van der Waals surface area contributed by atoms with Crippen molar-refractivity contribution in [3.05, 3.63) is 35.6 Å². The number of allylic oxidation sites excluding steroid dienone is 1. The van der Waals surface area contributed by atoms with Gasteiger partial charge < -0.3 is 18.9 Å². The molecule has 0 N–H and O–H groups in total. The van der Waals surface area contributed by atoms with Crippen molar-refractivity contribution in [3.8, 4) is 17.2 Å². The Hall–Kier alpha value is -2.76. The number of esters is 2. The van der Waals surface area contributed by atoms with Gasteiger partial charge in [0, 0.05) is 17.7 Å². The van der Waals surface area contributed by atoms with Crippen molar-refractivity contribution in [2.75, 3.05) is 14.2 Å². The summed E-state index contributed by atoms with van der Waals surface area (Å²) in [4.78, 5) is 23.0. The SMILES string of the molecule is COc1cc2c(cc1OC)/C(=C1/C=CC(=O)O1)C(=O)O2. The molecule has 0 fully saturated rings. The van der Waals surface area contributed by atoms with E-state index in [9.17, 15) is 9.59 Å². The number of ether oxygens (including phenoxy) is 4. The number of methoxy groups -OCH3 is 2. The van der Waals surface area contributed by atoms with Crippen LogP contribution in [-0.4, -0.2) is 26.2 Å². The Morgan fingerprint density at radius 1 is 0.950 bits per heavy atom. The average Bonchev–Trinajstić information content (AvgIpc) is 2.99. The van der Waals surface area contributed by atoms with E-state index in [0.717, 1.165) is 0 Å². The Morgan fingerprint density at radius 3 is 2.25 bits per heavy atom. The van der Waals surface area contributed by atoms with Gasteiger partial charge in [0.25, 0.3) is 0 Å². The number of hydrogen-bond acceptors (Lipinski definition) is 6. The minimum absolute atomic E-state index is 0.172. The van der Waals surface area contributed by atoms with Crippen LogP contribution in [0.2, 0.25) is 0 Å². The van der Waals surface area contributed by atoms with E-state index in [1.807, 2.05) is 0 Å². The molecule has 102 valence electrons. The molecule has 0 aliphatic carbocycles. The lowest BCUT2D eigenvalue weighted by Crippen LogP contribution is -2.04. The van der Waals surface area contributed by atoms with E-state index in [0.29, 0.717) is 22.8 Å². The van der Waals surface area contributed by atoms with Crippen LogP contribution in [0.15, 0.2) is 30.0 Å². The molecule has 1 aromatic rings. The molecule has 1 aromatic carbocycles. The number of cyclic esters (lactones) is 1. The standard InChI is InChI=1S/C14H10O6/c1-17-10-5-7-9(6-11(10)18-2)20-14(16)13(7)8-3-4-12(15)19-8/h3-6H,1-2H3/b13-8+. The molecule has 2 aliphatic rings. The Kier molecular flexibility index (Phi) is 2.71. The van der Waals surface area contributed by atoms with Crippen molar-refractivity contribution in [2.45, 2.75) is 0 Å². The zero-order valence-electron chi connectivity index (χ0n) is 10.8. The van der Waals surface area contributed by atoms with Gasteiger partial charge in [-0.25, -0.2) is 9.59 Å². The number of benzene rings is 1. The van der Waals surface area contributed by atoms with E-state index in [1.165, 1.54) is 26.4 Å². The molecule has 2 aliphatic heterocycles. The predicted octanol–water partition coefficient (Wildman–Crippen LogP) is 1.45. The molecular weight excluding hydrogens is 264 g/mol. The largest absolute Gasteiger partial charge is 0.493 e. The fourth-order valence-electron chi connectivity index (χ4n) is 2.09. The first-order valence-electron chi connectivity index (χ1n) is 5.76. The molecular formula is C14H10O6. The first-order chi connectivity index (χ1) is 9.63. The molecule has 0 unspecified atom stereocenters. The fourth-order valence-corrected chi connectivity index (χ4v) is 2.09. The van der Waals surface area contributed by atoms with Crippen LogP contribution in [0.25, 0.3) is 5.57 Å². The number of fused-ring (bicyclic) bond motifs is 1. The Bertz CT molecular complexity index is 683. The first-order valence-corrected chi connectivity index (χ1v) is 5.76.